The molecule has 5 heteroatoms. The second-order valence-corrected chi connectivity index (χ2v) is 4.37. The van der Waals surface area contributed by atoms with Crippen molar-refractivity contribution in [2.45, 2.75) is 12.5 Å². The van der Waals surface area contributed by atoms with E-state index in [4.69, 9.17) is 5.73 Å². The number of imidazole rings is 1. The molecule has 2 aromatic heterocycles. The summed E-state index contributed by atoms with van der Waals surface area (Å²) in [7, 11) is 0. The predicted octanol–water partition coefficient (Wildman–Crippen LogP) is 1.71. The maximum atomic E-state index is 6.01. The number of pyridine rings is 1. The molecule has 0 saturated heterocycles. The van der Waals surface area contributed by atoms with Gasteiger partial charge < -0.3 is 10.7 Å². The zero-order valence-electron chi connectivity index (χ0n) is 8.60. The molecular formula is C10H14N4S. The lowest BCUT2D eigenvalue weighted by Crippen LogP contribution is -2.12. The molecule has 0 bridgehead atoms. The summed E-state index contributed by atoms with van der Waals surface area (Å²) in [5.41, 5.74) is 7.70. The first-order valence-corrected chi connectivity index (χ1v) is 6.26. The predicted molar refractivity (Wildman–Crippen MR) is 63.8 cm³/mol. The molecule has 0 amide bonds. The number of nitrogens with two attached hydrogens (primary N) is 1. The highest BCUT2D eigenvalue weighted by molar-refractivity contribution is 7.98. The number of fused-ring (bicyclic) bond motifs is 1. The molecule has 2 heterocycles. The highest BCUT2D eigenvalue weighted by Crippen LogP contribution is 2.16. The Morgan fingerprint density at radius 1 is 1.60 bits per heavy atom. The number of aromatic amines is 1. The molecule has 0 fully saturated rings. The number of thioether (sulfide) groups is 1. The fourth-order valence-electron chi connectivity index (χ4n) is 1.42. The summed E-state index contributed by atoms with van der Waals surface area (Å²) in [5, 5.41) is 0. The van der Waals surface area contributed by atoms with Gasteiger partial charge in [0, 0.05) is 6.20 Å². The summed E-state index contributed by atoms with van der Waals surface area (Å²) in [4.78, 5) is 11.7. The van der Waals surface area contributed by atoms with Crippen molar-refractivity contribution in [2.75, 3.05) is 12.0 Å². The van der Waals surface area contributed by atoms with E-state index in [2.05, 4.69) is 21.2 Å². The smallest absolute Gasteiger partial charge is 0.177 e. The van der Waals surface area contributed by atoms with Gasteiger partial charge in [-0.3, -0.25) is 0 Å². The van der Waals surface area contributed by atoms with Crippen LogP contribution in [0, 0.1) is 0 Å². The summed E-state index contributed by atoms with van der Waals surface area (Å²) in [6.07, 6.45) is 4.74. The quantitative estimate of drug-likeness (QED) is 0.826. The molecule has 0 unspecified atom stereocenters. The average molecular weight is 222 g/mol. The molecule has 2 aromatic rings. The van der Waals surface area contributed by atoms with Crippen molar-refractivity contribution in [2.24, 2.45) is 5.73 Å². The van der Waals surface area contributed by atoms with Crippen LogP contribution in [0.1, 0.15) is 18.3 Å². The third-order valence-corrected chi connectivity index (χ3v) is 2.90. The van der Waals surface area contributed by atoms with Gasteiger partial charge in [0.2, 0.25) is 0 Å². The van der Waals surface area contributed by atoms with E-state index in [1.165, 1.54) is 0 Å². The zero-order valence-corrected chi connectivity index (χ0v) is 9.42. The largest absolute Gasteiger partial charge is 0.339 e. The minimum atomic E-state index is -0.0216. The number of hydrogen-bond donors (Lipinski definition) is 2. The van der Waals surface area contributed by atoms with Gasteiger partial charge >= 0.3 is 0 Å². The molecule has 0 aromatic carbocycles. The van der Waals surface area contributed by atoms with Crippen LogP contribution in [-0.4, -0.2) is 27.0 Å². The Bertz CT molecular complexity index is 407. The van der Waals surface area contributed by atoms with E-state index in [1.807, 2.05) is 12.1 Å². The lowest BCUT2D eigenvalue weighted by Gasteiger charge is -2.06. The van der Waals surface area contributed by atoms with Gasteiger partial charge in [0.15, 0.2) is 5.65 Å². The second kappa shape index (κ2) is 4.63. The Morgan fingerprint density at radius 2 is 2.47 bits per heavy atom. The Labute approximate surface area is 92.7 Å². The monoisotopic (exact) mass is 222 g/mol. The van der Waals surface area contributed by atoms with Crippen LogP contribution in [-0.2, 0) is 0 Å². The van der Waals surface area contributed by atoms with Gasteiger partial charge in [0.1, 0.15) is 5.82 Å². The molecule has 0 spiro atoms. The third kappa shape index (κ3) is 2.30. The first-order valence-electron chi connectivity index (χ1n) is 4.86. The zero-order chi connectivity index (χ0) is 10.7. The van der Waals surface area contributed by atoms with E-state index in [-0.39, 0.29) is 6.04 Å². The molecule has 80 valence electrons. The molecule has 4 nitrogen and oxygen atoms in total. The number of H-pyrrole nitrogens is 1. The van der Waals surface area contributed by atoms with E-state index < -0.39 is 0 Å². The Balaban J connectivity index is 2.20. The molecule has 0 aliphatic carbocycles. The number of nitrogens with one attached hydrogen (secondary N) is 1. The van der Waals surface area contributed by atoms with Crippen LogP contribution in [0.2, 0.25) is 0 Å². The standard InChI is InChI=1S/C10H14N4S/c1-15-6-4-7(11)9-13-8-3-2-5-12-10(8)14-9/h2-3,5,7H,4,6,11H2,1H3,(H,12,13,14)/t7-/m0/s1. The van der Waals surface area contributed by atoms with Crippen LogP contribution in [0.3, 0.4) is 0 Å². The highest BCUT2D eigenvalue weighted by Gasteiger charge is 2.10. The maximum absolute atomic E-state index is 6.01. The molecule has 3 N–H and O–H groups in total. The van der Waals surface area contributed by atoms with Gasteiger partial charge in [0.25, 0.3) is 0 Å². The first kappa shape index (κ1) is 10.4. The van der Waals surface area contributed by atoms with Crippen LogP contribution in [0.5, 0.6) is 0 Å². The van der Waals surface area contributed by atoms with Gasteiger partial charge in [-0.05, 0) is 30.6 Å². The van der Waals surface area contributed by atoms with E-state index in [0.717, 1.165) is 29.2 Å². The van der Waals surface area contributed by atoms with Crippen molar-refractivity contribution in [3.8, 4) is 0 Å². The fraction of sp³-hybridized carbons (Fsp3) is 0.400. The molecule has 1 atom stereocenters. The molecular weight excluding hydrogens is 208 g/mol. The van der Waals surface area contributed by atoms with Crippen molar-refractivity contribution in [3.63, 3.8) is 0 Å². The molecule has 15 heavy (non-hydrogen) atoms. The van der Waals surface area contributed by atoms with E-state index in [9.17, 15) is 0 Å². The lowest BCUT2D eigenvalue weighted by atomic mass is 10.2. The van der Waals surface area contributed by atoms with Crippen molar-refractivity contribution >= 4 is 22.9 Å². The van der Waals surface area contributed by atoms with Crippen molar-refractivity contribution in [1.82, 2.24) is 15.0 Å². The molecule has 0 radical (unpaired) electrons. The summed E-state index contributed by atoms with van der Waals surface area (Å²) in [5.74, 6) is 1.88. The lowest BCUT2D eigenvalue weighted by molar-refractivity contribution is 0.666. The number of hydrogen-bond acceptors (Lipinski definition) is 4. The summed E-state index contributed by atoms with van der Waals surface area (Å²) < 4.78 is 0. The fourth-order valence-corrected chi connectivity index (χ4v) is 1.91. The van der Waals surface area contributed by atoms with Gasteiger partial charge in [-0.1, -0.05) is 0 Å². The SMILES string of the molecule is CSCC[C@H](N)c1nc2ncccc2[nH]1. The van der Waals surface area contributed by atoms with E-state index >= 15 is 0 Å². The normalized spacial score (nSPS) is 13.2. The van der Waals surface area contributed by atoms with Crippen LogP contribution in [0.25, 0.3) is 11.2 Å². The van der Waals surface area contributed by atoms with Crippen molar-refractivity contribution in [3.05, 3.63) is 24.2 Å². The molecule has 0 aliphatic rings. The van der Waals surface area contributed by atoms with Gasteiger partial charge in [0.05, 0.1) is 11.6 Å². The van der Waals surface area contributed by atoms with Crippen LogP contribution in [0.15, 0.2) is 18.3 Å². The second-order valence-electron chi connectivity index (χ2n) is 3.38. The topological polar surface area (TPSA) is 67.6 Å². The third-order valence-electron chi connectivity index (χ3n) is 2.26. The number of rotatable bonds is 4. The van der Waals surface area contributed by atoms with Gasteiger partial charge in [-0.25, -0.2) is 9.97 Å². The van der Waals surface area contributed by atoms with Crippen molar-refractivity contribution < 1.29 is 0 Å². The maximum Gasteiger partial charge on any atom is 0.177 e. The Kier molecular flexibility index (Phi) is 3.23. The van der Waals surface area contributed by atoms with E-state index in [1.54, 1.807) is 18.0 Å². The minimum Gasteiger partial charge on any atom is -0.339 e. The molecule has 2 rings (SSSR count). The number of aromatic nitrogens is 3. The van der Waals surface area contributed by atoms with Crippen LogP contribution in [0.4, 0.5) is 0 Å². The van der Waals surface area contributed by atoms with Crippen molar-refractivity contribution in [1.29, 1.82) is 0 Å². The van der Waals surface area contributed by atoms with Gasteiger partial charge in [-0.2, -0.15) is 11.8 Å². The van der Waals surface area contributed by atoms with Gasteiger partial charge in [-0.15, -0.1) is 0 Å². The molecule has 0 saturated carbocycles. The Morgan fingerprint density at radius 3 is 3.20 bits per heavy atom. The average Bonchev–Trinajstić information content (AvgIpc) is 2.69. The minimum absolute atomic E-state index is 0.0216. The van der Waals surface area contributed by atoms with Crippen LogP contribution < -0.4 is 5.73 Å². The molecule has 0 aliphatic heterocycles. The summed E-state index contributed by atoms with van der Waals surface area (Å²) in [6, 6.07) is 3.82. The number of nitrogens with zero attached hydrogens (tertiary/aromatic N) is 2. The summed E-state index contributed by atoms with van der Waals surface area (Å²) in [6.45, 7) is 0. The highest BCUT2D eigenvalue weighted by atomic mass is 32.2. The first-order chi connectivity index (χ1) is 7.31. The Hall–Kier alpha value is -1.07. The van der Waals surface area contributed by atoms with E-state index in [0.29, 0.717) is 0 Å². The van der Waals surface area contributed by atoms with Crippen LogP contribution >= 0.6 is 11.8 Å². The summed E-state index contributed by atoms with van der Waals surface area (Å²) >= 11 is 1.79.